The van der Waals surface area contributed by atoms with Crippen LogP contribution in [0.15, 0.2) is 48.5 Å². The third-order valence-corrected chi connectivity index (χ3v) is 3.39. The summed E-state index contributed by atoms with van der Waals surface area (Å²) in [5.41, 5.74) is 1.43. The van der Waals surface area contributed by atoms with E-state index in [1.807, 2.05) is 13.8 Å². The van der Waals surface area contributed by atoms with E-state index in [1.54, 1.807) is 30.3 Å². The summed E-state index contributed by atoms with van der Waals surface area (Å²) in [6.45, 7) is 4.57. The molecular formula is C19H22FN3O2. The number of hydrogen-bond donors (Lipinski definition) is 3. The fourth-order valence-corrected chi connectivity index (χ4v) is 2.17. The maximum absolute atomic E-state index is 13.1. The molecule has 0 aliphatic rings. The number of rotatable bonds is 7. The highest BCUT2D eigenvalue weighted by molar-refractivity contribution is 6.00. The van der Waals surface area contributed by atoms with Crippen LogP contribution in [-0.4, -0.2) is 24.9 Å². The number of hydrogen-bond acceptors (Lipinski definition) is 3. The number of anilines is 2. The average Bonchev–Trinajstić information content (AvgIpc) is 2.58. The number of carbonyl (C=O) groups excluding carboxylic acids is 2. The number of amides is 2. The summed E-state index contributed by atoms with van der Waals surface area (Å²) in [4.78, 5) is 24.2. The Bertz CT molecular complexity index is 747. The number of carbonyl (C=O) groups is 2. The molecule has 25 heavy (non-hydrogen) atoms. The maximum atomic E-state index is 13.1. The molecule has 3 N–H and O–H groups in total. The molecule has 0 radical (unpaired) electrons. The first-order valence-corrected chi connectivity index (χ1v) is 8.12. The molecule has 0 bridgehead atoms. The minimum atomic E-state index is -0.419. The topological polar surface area (TPSA) is 70.2 Å². The zero-order valence-corrected chi connectivity index (χ0v) is 14.3. The third-order valence-electron chi connectivity index (χ3n) is 3.39. The lowest BCUT2D eigenvalue weighted by Gasteiger charge is -2.13. The van der Waals surface area contributed by atoms with Crippen molar-refractivity contribution in [2.24, 2.45) is 5.92 Å². The van der Waals surface area contributed by atoms with E-state index in [0.29, 0.717) is 29.4 Å². The lowest BCUT2D eigenvalue weighted by atomic mass is 10.1. The van der Waals surface area contributed by atoms with Gasteiger partial charge >= 0.3 is 0 Å². The normalized spacial score (nSPS) is 10.4. The predicted octanol–water partition coefficient (Wildman–Crippen LogP) is 3.26. The second-order valence-corrected chi connectivity index (χ2v) is 6.06. The summed E-state index contributed by atoms with van der Waals surface area (Å²) < 4.78 is 13.1. The molecule has 0 spiro atoms. The van der Waals surface area contributed by atoms with Gasteiger partial charge in [-0.15, -0.1) is 0 Å². The van der Waals surface area contributed by atoms with Gasteiger partial charge in [-0.3, -0.25) is 9.59 Å². The van der Waals surface area contributed by atoms with Crippen LogP contribution in [0.1, 0.15) is 24.2 Å². The zero-order chi connectivity index (χ0) is 18.2. The second kappa shape index (κ2) is 8.82. The molecule has 0 saturated carbocycles. The van der Waals surface area contributed by atoms with Crippen LogP contribution in [0.25, 0.3) is 0 Å². The molecule has 6 heteroatoms. The van der Waals surface area contributed by atoms with E-state index in [4.69, 9.17) is 0 Å². The van der Waals surface area contributed by atoms with E-state index in [1.165, 1.54) is 18.2 Å². The van der Waals surface area contributed by atoms with Crippen molar-refractivity contribution in [2.75, 3.05) is 23.7 Å². The Hall–Kier alpha value is -2.89. The molecule has 0 atom stereocenters. The molecule has 2 aromatic rings. The largest absolute Gasteiger partial charge is 0.376 e. The van der Waals surface area contributed by atoms with Crippen molar-refractivity contribution in [1.82, 2.24) is 5.32 Å². The lowest BCUT2D eigenvalue weighted by Crippen LogP contribution is -2.29. The van der Waals surface area contributed by atoms with Crippen LogP contribution < -0.4 is 16.0 Å². The highest BCUT2D eigenvalue weighted by Crippen LogP contribution is 2.15. The molecule has 0 fully saturated rings. The van der Waals surface area contributed by atoms with Gasteiger partial charge in [-0.25, -0.2) is 4.39 Å². The molecule has 5 nitrogen and oxygen atoms in total. The van der Waals surface area contributed by atoms with Crippen molar-refractivity contribution in [2.45, 2.75) is 13.8 Å². The van der Waals surface area contributed by atoms with Gasteiger partial charge in [-0.05, 0) is 36.2 Å². The van der Waals surface area contributed by atoms with Crippen LogP contribution in [0.5, 0.6) is 0 Å². The van der Waals surface area contributed by atoms with Crippen LogP contribution in [-0.2, 0) is 4.79 Å². The summed E-state index contributed by atoms with van der Waals surface area (Å²) in [6.07, 6.45) is 0. The third kappa shape index (κ3) is 5.91. The first-order valence-electron chi connectivity index (χ1n) is 8.12. The van der Waals surface area contributed by atoms with Crippen molar-refractivity contribution in [3.8, 4) is 0 Å². The van der Waals surface area contributed by atoms with Crippen LogP contribution in [0.2, 0.25) is 0 Å². The Morgan fingerprint density at radius 3 is 2.56 bits per heavy atom. The number of para-hydroxylation sites is 1. The molecular weight excluding hydrogens is 321 g/mol. The molecule has 2 rings (SSSR count). The average molecular weight is 343 g/mol. The van der Waals surface area contributed by atoms with E-state index in [9.17, 15) is 14.0 Å². The van der Waals surface area contributed by atoms with E-state index in [2.05, 4.69) is 16.0 Å². The van der Waals surface area contributed by atoms with Crippen LogP contribution >= 0.6 is 0 Å². The Labute approximate surface area is 146 Å². The lowest BCUT2D eigenvalue weighted by molar-refractivity contribution is -0.114. The van der Waals surface area contributed by atoms with Crippen molar-refractivity contribution in [3.05, 3.63) is 59.9 Å². The highest BCUT2D eigenvalue weighted by atomic mass is 19.1. The van der Waals surface area contributed by atoms with Crippen LogP contribution in [0, 0.1) is 11.7 Å². The van der Waals surface area contributed by atoms with E-state index >= 15 is 0 Å². The summed E-state index contributed by atoms with van der Waals surface area (Å²) in [6, 6.07) is 12.7. The molecule has 2 amide bonds. The molecule has 132 valence electrons. The predicted molar refractivity (Wildman–Crippen MR) is 97.1 cm³/mol. The molecule has 0 heterocycles. The fourth-order valence-electron chi connectivity index (χ4n) is 2.17. The first kappa shape index (κ1) is 18.4. The van der Waals surface area contributed by atoms with Crippen molar-refractivity contribution >= 4 is 23.2 Å². The molecule has 0 aliphatic heterocycles. The molecule has 0 aromatic heterocycles. The van der Waals surface area contributed by atoms with E-state index < -0.39 is 5.82 Å². The van der Waals surface area contributed by atoms with Gasteiger partial charge in [0.2, 0.25) is 5.91 Å². The van der Waals surface area contributed by atoms with Crippen molar-refractivity contribution in [3.63, 3.8) is 0 Å². The zero-order valence-electron chi connectivity index (χ0n) is 14.3. The Morgan fingerprint density at radius 2 is 1.84 bits per heavy atom. The summed E-state index contributed by atoms with van der Waals surface area (Å²) >= 11 is 0. The van der Waals surface area contributed by atoms with Gasteiger partial charge in [-0.2, -0.15) is 0 Å². The van der Waals surface area contributed by atoms with Gasteiger partial charge in [0.1, 0.15) is 5.82 Å². The van der Waals surface area contributed by atoms with E-state index in [-0.39, 0.29) is 18.4 Å². The molecule has 0 unspecified atom stereocenters. The number of halogens is 1. The standard InChI is InChI=1S/C19H22FN3O2/c1-13(2)11-22-19(25)16-8-3-4-9-17(16)21-12-18(24)23-15-7-5-6-14(20)10-15/h3-10,13,21H,11-12H2,1-2H3,(H,22,25)(H,23,24). The highest BCUT2D eigenvalue weighted by Gasteiger charge is 2.12. The minimum absolute atomic E-state index is 0.0367. The summed E-state index contributed by atoms with van der Waals surface area (Å²) in [7, 11) is 0. The van der Waals surface area contributed by atoms with E-state index in [0.717, 1.165) is 0 Å². The Morgan fingerprint density at radius 1 is 1.08 bits per heavy atom. The maximum Gasteiger partial charge on any atom is 0.253 e. The van der Waals surface area contributed by atoms with Gasteiger partial charge in [0.05, 0.1) is 12.1 Å². The number of benzene rings is 2. The second-order valence-electron chi connectivity index (χ2n) is 6.06. The van der Waals surface area contributed by atoms with Gasteiger partial charge in [0.25, 0.3) is 5.91 Å². The van der Waals surface area contributed by atoms with Gasteiger partial charge in [0, 0.05) is 17.9 Å². The first-order chi connectivity index (χ1) is 12.0. The Kier molecular flexibility index (Phi) is 6.51. The summed E-state index contributed by atoms with van der Waals surface area (Å²) in [5, 5.41) is 8.40. The van der Waals surface area contributed by atoms with Gasteiger partial charge in [-0.1, -0.05) is 32.0 Å². The van der Waals surface area contributed by atoms with Crippen molar-refractivity contribution in [1.29, 1.82) is 0 Å². The Balaban J connectivity index is 1.96. The van der Waals surface area contributed by atoms with Crippen LogP contribution in [0.4, 0.5) is 15.8 Å². The van der Waals surface area contributed by atoms with Crippen molar-refractivity contribution < 1.29 is 14.0 Å². The fraction of sp³-hybridized carbons (Fsp3) is 0.263. The summed E-state index contributed by atoms with van der Waals surface area (Å²) in [5.74, 6) is -0.593. The van der Waals surface area contributed by atoms with Crippen LogP contribution in [0.3, 0.4) is 0 Å². The minimum Gasteiger partial charge on any atom is -0.376 e. The molecule has 0 saturated heterocycles. The number of nitrogens with one attached hydrogen (secondary N) is 3. The van der Waals surface area contributed by atoms with Gasteiger partial charge in [0.15, 0.2) is 0 Å². The smallest absolute Gasteiger partial charge is 0.253 e. The SMILES string of the molecule is CC(C)CNC(=O)c1ccccc1NCC(=O)Nc1cccc(F)c1. The molecule has 0 aliphatic carbocycles. The van der Waals surface area contributed by atoms with Gasteiger partial charge < -0.3 is 16.0 Å². The quantitative estimate of drug-likeness (QED) is 0.723. The molecule has 2 aromatic carbocycles. The monoisotopic (exact) mass is 343 g/mol.